The molecular formula is C14H14N4S2. The van der Waals surface area contributed by atoms with E-state index in [0.717, 1.165) is 32.1 Å². The van der Waals surface area contributed by atoms with Gasteiger partial charge in [0.15, 0.2) is 5.01 Å². The SMILES string of the molecule is CCNc1nnc(-c2cnc(-c3ccc(C)cc3)s2)s1. The standard InChI is InChI=1S/C14H14N4S2/c1-3-15-14-18-17-13(20-14)11-8-16-12(19-11)10-6-4-9(2)5-7-10/h4-8H,3H2,1-2H3,(H,15,18). The van der Waals surface area contributed by atoms with Gasteiger partial charge in [-0.25, -0.2) is 4.98 Å². The molecule has 0 spiro atoms. The number of hydrogen-bond acceptors (Lipinski definition) is 6. The quantitative estimate of drug-likeness (QED) is 0.789. The Bertz CT molecular complexity index is 700. The van der Waals surface area contributed by atoms with Crippen LogP contribution in [-0.4, -0.2) is 21.7 Å². The van der Waals surface area contributed by atoms with E-state index in [-0.39, 0.29) is 0 Å². The molecule has 0 bridgehead atoms. The van der Waals surface area contributed by atoms with Crippen molar-refractivity contribution in [3.63, 3.8) is 0 Å². The number of nitrogens with one attached hydrogen (secondary N) is 1. The number of nitrogens with zero attached hydrogens (tertiary/aromatic N) is 3. The maximum atomic E-state index is 4.48. The van der Waals surface area contributed by atoms with Gasteiger partial charge in [-0.05, 0) is 13.8 Å². The Morgan fingerprint density at radius 1 is 1.05 bits per heavy atom. The molecule has 0 saturated carbocycles. The Morgan fingerprint density at radius 3 is 2.60 bits per heavy atom. The summed E-state index contributed by atoms with van der Waals surface area (Å²) in [6.07, 6.45) is 1.87. The van der Waals surface area contributed by atoms with E-state index in [1.807, 2.05) is 13.1 Å². The van der Waals surface area contributed by atoms with Crippen LogP contribution in [0.1, 0.15) is 12.5 Å². The molecule has 4 nitrogen and oxygen atoms in total. The average Bonchev–Trinajstić information content (AvgIpc) is 3.08. The van der Waals surface area contributed by atoms with Crippen molar-refractivity contribution in [3.05, 3.63) is 36.0 Å². The highest BCUT2D eigenvalue weighted by Crippen LogP contribution is 2.34. The first kappa shape index (κ1) is 13.2. The molecule has 1 N–H and O–H groups in total. The highest BCUT2D eigenvalue weighted by Gasteiger charge is 2.11. The molecule has 2 heterocycles. The van der Waals surface area contributed by atoms with Crippen LogP contribution in [0.2, 0.25) is 0 Å². The number of aromatic nitrogens is 3. The average molecular weight is 302 g/mol. The van der Waals surface area contributed by atoms with Crippen LogP contribution in [-0.2, 0) is 0 Å². The lowest BCUT2D eigenvalue weighted by Crippen LogP contribution is -1.94. The van der Waals surface area contributed by atoms with Gasteiger partial charge in [0, 0.05) is 18.3 Å². The zero-order chi connectivity index (χ0) is 13.9. The van der Waals surface area contributed by atoms with Crippen LogP contribution in [0.5, 0.6) is 0 Å². The van der Waals surface area contributed by atoms with Crippen LogP contribution in [0.25, 0.3) is 20.5 Å². The van der Waals surface area contributed by atoms with Crippen molar-refractivity contribution < 1.29 is 0 Å². The maximum absolute atomic E-state index is 4.48. The number of benzene rings is 1. The van der Waals surface area contributed by atoms with Gasteiger partial charge < -0.3 is 5.32 Å². The second-order valence-corrected chi connectivity index (χ2v) is 6.35. The van der Waals surface area contributed by atoms with E-state index in [1.54, 1.807) is 22.7 Å². The Morgan fingerprint density at radius 2 is 1.85 bits per heavy atom. The Hall–Kier alpha value is -1.79. The lowest BCUT2D eigenvalue weighted by molar-refractivity contribution is 1.07. The molecule has 20 heavy (non-hydrogen) atoms. The third-order valence-corrected chi connectivity index (χ3v) is 4.86. The van der Waals surface area contributed by atoms with Crippen LogP contribution in [0.15, 0.2) is 30.5 Å². The van der Waals surface area contributed by atoms with Gasteiger partial charge in [0.25, 0.3) is 0 Å². The molecule has 1 aromatic carbocycles. The predicted octanol–water partition coefficient (Wildman–Crippen LogP) is 4.07. The molecule has 6 heteroatoms. The lowest BCUT2D eigenvalue weighted by atomic mass is 10.2. The fourth-order valence-corrected chi connectivity index (χ4v) is 3.52. The molecule has 102 valence electrons. The van der Waals surface area contributed by atoms with E-state index in [4.69, 9.17) is 0 Å². The zero-order valence-corrected chi connectivity index (χ0v) is 12.9. The minimum atomic E-state index is 0.853. The van der Waals surface area contributed by atoms with E-state index in [0.29, 0.717) is 0 Å². The summed E-state index contributed by atoms with van der Waals surface area (Å²) in [7, 11) is 0. The lowest BCUT2D eigenvalue weighted by Gasteiger charge is -1.96. The summed E-state index contributed by atoms with van der Waals surface area (Å²) in [5.74, 6) is 0. The summed E-state index contributed by atoms with van der Waals surface area (Å²) < 4.78 is 0. The molecule has 0 amide bonds. The van der Waals surface area contributed by atoms with Crippen molar-refractivity contribution in [2.24, 2.45) is 0 Å². The van der Waals surface area contributed by atoms with Crippen LogP contribution in [0, 0.1) is 6.92 Å². The molecule has 3 aromatic rings. The normalized spacial score (nSPS) is 10.7. The first-order chi connectivity index (χ1) is 9.76. The highest BCUT2D eigenvalue weighted by atomic mass is 32.1. The minimum absolute atomic E-state index is 0.853. The Labute approximate surface area is 125 Å². The van der Waals surface area contributed by atoms with Crippen LogP contribution >= 0.6 is 22.7 Å². The molecule has 0 atom stereocenters. The molecular weight excluding hydrogens is 288 g/mol. The molecule has 0 saturated heterocycles. The monoisotopic (exact) mass is 302 g/mol. The summed E-state index contributed by atoms with van der Waals surface area (Å²) in [6, 6.07) is 8.40. The van der Waals surface area contributed by atoms with E-state index < -0.39 is 0 Å². The molecule has 2 aromatic heterocycles. The van der Waals surface area contributed by atoms with Gasteiger partial charge in [0.05, 0.1) is 4.88 Å². The molecule has 0 aliphatic rings. The van der Waals surface area contributed by atoms with Gasteiger partial charge in [0.1, 0.15) is 5.01 Å². The molecule has 0 fully saturated rings. The van der Waals surface area contributed by atoms with Crippen LogP contribution in [0.4, 0.5) is 5.13 Å². The van der Waals surface area contributed by atoms with Crippen LogP contribution in [0.3, 0.4) is 0 Å². The highest BCUT2D eigenvalue weighted by molar-refractivity contribution is 7.24. The van der Waals surface area contributed by atoms with Gasteiger partial charge in [-0.2, -0.15) is 0 Å². The van der Waals surface area contributed by atoms with Crippen molar-refractivity contribution in [2.75, 3.05) is 11.9 Å². The minimum Gasteiger partial charge on any atom is -0.360 e. The van der Waals surface area contributed by atoms with Gasteiger partial charge in [0.2, 0.25) is 5.13 Å². The van der Waals surface area contributed by atoms with E-state index in [9.17, 15) is 0 Å². The summed E-state index contributed by atoms with van der Waals surface area (Å²) in [6.45, 7) is 4.98. The summed E-state index contributed by atoms with van der Waals surface area (Å²) in [4.78, 5) is 5.54. The Kier molecular flexibility index (Phi) is 3.75. The first-order valence-corrected chi connectivity index (χ1v) is 8.00. The summed E-state index contributed by atoms with van der Waals surface area (Å²) in [5.41, 5.74) is 2.40. The smallest absolute Gasteiger partial charge is 0.206 e. The van der Waals surface area contributed by atoms with Gasteiger partial charge in [-0.3, -0.25) is 0 Å². The number of rotatable bonds is 4. The van der Waals surface area contributed by atoms with Gasteiger partial charge in [-0.1, -0.05) is 41.2 Å². The fourth-order valence-electron chi connectivity index (χ4n) is 1.75. The molecule has 0 unspecified atom stereocenters. The number of thiazole rings is 1. The van der Waals surface area contributed by atoms with Crippen molar-refractivity contribution in [1.82, 2.24) is 15.2 Å². The fraction of sp³-hybridized carbons (Fsp3) is 0.214. The van der Waals surface area contributed by atoms with Crippen molar-refractivity contribution >= 4 is 27.8 Å². The molecule has 0 aliphatic heterocycles. The third-order valence-electron chi connectivity index (χ3n) is 2.77. The Balaban J connectivity index is 1.87. The largest absolute Gasteiger partial charge is 0.360 e. The number of aryl methyl sites for hydroxylation is 1. The van der Waals surface area contributed by atoms with Crippen LogP contribution < -0.4 is 5.32 Å². The summed E-state index contributed by atoms with van der Waals surface area (Å²) >= 11 is 3.20. The predicted molar refractivity (Wildman–Crippen MR) is 85.4 cm³/mol. The molecule has 0 radical (unpaired) electrons. The second-order valence-electron chi connectivity index (χ2n) is 4.34. The van der Waals surface area contributed by atoms with Crippen molar-refractivity contribution in [3.8, 4) is 20.5 Å². The second kappa shape index (κ2) is 5.68. The molecule has 3 rings (SSSR count). The van der Waals surface area contributed by atoms with E-state index >= 15 is 0 Å². The zero-order valence-electron chi connectivity index (χ0n) is 11.3. The topological polar surface area (TPSA) is 50.7 Å². The van der Waals surface area contributed by atoms with Crippen molar-refractivity contribution in [1.29, 1.82) is 0 Å². The summed E-state index contributed by atoms with van der Waals surface area (Å²) in [5, 5.41) is 14.3. The maximum Gasteiger partial charge on any atom is 0.206 e. The first-order valence-electron chi connectivity index (χ1n) is 6.37. The van der Waals surface area contributed by atoms with E-state index in [1.165, 1.54) is 5.56 Å². The number of anilines is 1. The van der Waals surface area contributed by atoms with Crippen molar-refractivity contribution in [2.45, 2.75) is 13.8 Å². The number of hydrogen-bond donors (Lipinski definition) is 1. The van der Waals surface area contributed by atoms with E-state index in [2.05, 4.69) is 51.7 Å². The molecule has 0 aliphatic carbocycles. The van der Waals surface area contributed by atoms with Gasteiger partial charge >= 0.3 is 0 Å². The van der Waals surface area contributed by atoms with Gasteiger partial charge in [-0.15, -0.1) is 21.5 Å². The third kappa shape index (κ3) is 2.71.